The van der Waals surface area contributed by atoms with Crippen molar-refractivity contribution < 1.29 is 4.74 Å². The molecule has 0 radical (unpaired) electrons. The minimum Gasteiger partial charge on any atom is -0.453 e. The third-order valence-electron chi connectivity index (χ3n) is 13.9. The topological polar surface area (TPSA) is 17.4 Å². The molecule has 0 atom stereocenters. The summed E-state index contributed by atoms with van der Waals surface area (Å²) >= 11 is 0. The Morgan fingerprint density at radius 1 is 0.353 bits per heavy atom. The average Bonchev–Trinajstić information content (AvgIpc) is 3.76. The van der Waals surface area contributed by atoms with E-state index < -0.39 is 8.07 Å². The zero-order valence-electron chi connectivity index (χ0n) is 37.2. The van der Waals surface area contributed by atoms with Gasteiger partial charge in [0.05, 0.1) is 16.7 Å². The Balaban J connectivity index is 0.948. The normalized spacial score (nSPS) is 11.9. The molecule has 0 spiro atoms. The summed E-state index contributed by atoms with van der Waals surface area (Å²) in [6.07, 6.45) is 0. The zero-order chi connectivity index (χ0) is 45.0. The molecule has 0 aliphatic carbocycles. The van der Waals surface area contributed by atoms with Crippen molar-refractivity contribution in [2.24, 2.45) is 0 Å². The van der Waals surface area contributed by atoms with E-state index in [1.165, 1.54) is 64.5 Å². The highest BCUT2D eigenvalue weighted by molar-refractivity contribution is 7.19. The second kappa shape index (κ2) is 16.3. The van der Waals surface area contributed by atoms with E-state index in [1.54, 1.807) is 0 Å². The van der Waals surface area contributed by atoms with Gasteiger partial charge in [0.25, 0.3) is 0 Å². The number of hydrogen-bond acceptors (Lipinski definition) is 2. The summed E-state index contributed by atoms with van der Waals surface area (Å²) in [5.74, 6) is 1.75. The van der Waals surface area contributed by atoms with Gasteiger partial charge in [-0.3, -0.25) is 0 Å². The van der Waals surface area contributed by atoms with Crippen LogP contribution in [-0.4, -0.2) is 12.6 Å². The van der Waals surface area contributed by atoms with E-state index in [4.69, 9.17) is 4.74 Å². The van der Waals surface area contributed by atoms with Crippen LogP contribution in [0, 0.1) is 0 Å². The van der Waals surface area contributed by atoms with Gasteiger partial charge >= 0.3 is 0 Å². The van der Waals surface area contributed by atoms with Gasteiger partial charge in [0, 0.05) is 27.8 Å². The van der Waals surface area contributed by atoms with Crippen molar-refractivity contribution in [3.05, 3.63) is 267 Å². The Bertz CT molecular complexity index is 3700. The molecule has 320 valence electrons. The van der Waals surface area contributed by atoms with Crippen LogP contribution in [0.15, 0.2) is 267 Å². The Hall–Kier alpha value is -8.70. The number of hydrogen-bond donors (Lipinski definition) is 0. The van der Waals surface area contributed by atoms with Crippen molar-refractivity contribution in [1.29, 1.82) is 0 Å². The number of fused-ring (bicyclic) bond motifs is 6. The lowest BCUT2D eigenvalue weighted by atomic mass is 9.98. The van der Waals surface area contributed by atoms with Gasteiger partial charge in [-0.25, -0.2) is 0 Å². The van der Waals surface area contributed by atoms with Crippen molar-refractivity contribution in [1.82, 2.24) is 4.57 Å². The van der Waals surface area contributed by atoms with E-state index in [1.807, 2.05) is 6.07 Å². The van der Waals surface area contributed by atoms with Crippen LogP contribution in [-0.2, 0) is 0 Å². The van der Waals surface area contributed by atoms with Crippen molar-refractivity contribution in [2.75, 3.05) is 4.90 Å². The first-order chi connectivity index (χ1) is 33.7. The molecule has 1 aliphatic heterocycles. The van der Waals surface area contributed by atoms with Crippen molar-refractivity contribution >= 4 is 78.5 Å². The first-order valence-electron chi connectivity index (χ1n) is 23.3. The van der Waals surface area contributed by atoms with Crippen molar-refractivity contribution in [3.8, 4) is 39.4 Å². The SMILES string of the molecule is c1ccc([Si](c2ccccc2)(c2ccccc2)c2ccc(N(c3ccc(-c4ccc5ccccc5c4)cc3)c3ccc(-c4cccc5c4c4cccc6c4n5-c4ccccc4O6)cc3)cc2)cc1. The average molecular weight is 885 g/mol. The largest absolute Gasteiger partial charge is 0.453 e. The van der Waals surface area contributed by atoms with E-state index in [-0.39, 0.29) is 0 Å². The predicted octanol–water partition coefficient (Wildman–Crippen LogP) is 14.2. The monoisotopic (exact) mass is 884 g/mol. The van der Waals surface area contributed by atoms with Gasteiger partial charge in [-0.05, 0) is 121 Å². The number of rotatable bonds is 9. The third kappa shape index (κ3) is 6.41. The summed E-state index contributed by atoms with van der Waals surface area (Å²) in [5, 5.41) is 10.3. The van der Waals surface area contributed by atoms with Gasteiger partial charge in [-0.2, -0.15) is 0 Å². The van der Waals surface area contributed by atoms with E-state index in [9.17, 15) is 0 Å². The number of nitrogens with zero attached hydrogens (tertiary/aromatic N) is 2. The molecule has 11 aromatic carbocycles. The Morgan fingerprint density at radius 2 is 0.853 bits per heavy atom. The van der Waals surface area contributed by atoms with Gasteiger partial charge < -0.3 is 14.2 Å². The van der Waals surface area contributed by atoms with Crippen LogP contribution < -0.4 is 30.4 Å². The maximum absolute atomic E-state index is 6.47. The minimum absolute atomic E-state index is 0.867. The fraction of sp³-hybridized carbons (Fsp3) is 0. The highest BCUT2D eigenvalue weighted by Crippen LogP contribution is 2.47. The standard InChI is InChI=1S/C64H44N2OSi/c1-4-18-53(19-5-1)68(54-20-6-2-7-21-54,55-22-8-3-9-23-55)56-42-40-52(41-43-56)65(50-36-32-46(33-37-50)49-31-30-45-16-10-11-17-48(45)44-49)51-38-34-47(35-39-51)57-24-14-27-60-63(57)58-25-15-29-62-64(58)66(60)59-26-12-13-28-61(59)67-62/h1-44H. The summed E-state index contributed by atoms with van der Waals surface area (Å²) < 4.78 is 8.84. The molecule has 3 nitrogen and oxygen atoms in total. The third-order valence-corrected chi connectivity index (χ3v) is 18.7. The van der Waals surface area contributed by atoms with Gasteiger partial charge in [-0.15, -0.1) is 0 Å². The van der Waals surface area contributed by atoms with Crippen LogP contribution >= 0.6 is 0 Å². The lowest BCUT2D eigenvalue weighted by Crippen LogP contribution is -2.74. The van der Waals surface area contributed by atoms with E-state index in [2.05, 4.69) is 270 Å². The Labute approximate surface area is 397 Å². The molecular formula is C64H44N2OSi. The molecule has 0 bridgehead atoms. The molecule has 0 N–H and O–H groups in total. The maximum atomic E-state index is 6.47. The Morgan fingerprint density at radius 3 is 1.50 bits per heavy atom. The van der Waals surface area contributed by atoms with Gasteiger partial charge in [-0.1, -0.05) is 200 Å². The van der Waals surface area contributed by atoms with Crippen LogP contribution in [0.2, 0.25) is 0 Å². The first kappa shape index (κ1) is 39.6. The molecule has 12 aromatic rings. The second-order valence-corrected chi connectivity index (χ2v) is 21.5. The molecule has 4 heteroatoms. The number of aromatic nitrogens is 1. The van der Waals surface area contributed by atoms with Gasteiger partial charge in [0.15, 0.2) is 19.6 Å². The molecule has 0 unspecified atom stereocenters. The predicted molar refractivity (Wildman–Crippen MR) is 288 cm³/mol. The minimum atomic E-state index is -2.72. The molecule has 0 amide bonds. The van der Waals surface area contributed by atoms with E-state index in [0.717, 1.165) is 45.3 Å². The van der Waals surface area contributed by atoms with Crippen molar-refractivity contribution in [2.45, 2.75) is 0 Å². The number of anilines is 3. The fourth-order valence-corrected chi connectivity index (χ4v) is 15.6. The summed E-state index contributed by atoms with van der Waals surface area (Å²) in [7, 11) is -2.72. The number of benzene rings is 11. The molecule has 13 rings (SSSR count). The highest BCUT2D eigenvalue weighted by Gasteiger charge is 2.41. The summed E-state index contributed by atoms with van der Waals surface area (Å²) in [6.45, 7) is 0. The fourth-order valence-electron chi connectivity index (χ4n) is 10.8. The number of ether oxygens (including phenoxy) is 1. The Kier molecular flexibility index (Phi) is 9.51. The van der Waals surface area contributed by atoms with E-state index in [0.29, 0.717) is 0 Å². The molecule has 0 saturated carbocycles. The van der Waals surface area contributed by atoms with Gasteiger partial charge in [0.1, 0.15) is 0 Å². The highest BCUT2D eigenvalue weighted by atomic mass is 28.3. The van der Waals surface area contributed by atoms with Crippen LogP contribution in [0.1, 0.15) is 0 Å². The second-order valence-electron chi connectivity index (χ2n) is 17.6. The zero-order valence-corrected chi connectivity index (χ0v) is 38.2. The molecule has 68 heavy (non-hydrogen) atoms. The molecule has 0 saturated heterocycles. The maximum Gasteiger partial charge on any atom is 0.179 e. The molecule has 1 aromatic heterocycles. The van der Waals surface area contributed by atoms with Gasteiger partial charge in [0.2, 0.25) is 0 Å². The summed E-state index contributed by atoms with van der Waals surface area (Å²) in [5.41, 5.74) is 11.3. The molecular weight excluding hydrogens is 841 g/mol. The van der Waals surface area contributed by atoms with Crippen LogP contribution in [0.25, 0.3) is 60.5 Å². The van der Waals surface area contributed by atoms with E-state index >= 15 is 0 Å². The number of para-hydroxylation sites is 3. The molecule has 2 heterocycles. The first-order valence-corrected chi connectivity index (χ1v) is 25.3. The summed E-state index contributed by atoms with van der Waals surface area (Å²) in [6, 6.07) is 97.7. The summed E-state index contributed by atoms with van der Waals surface area (Å²) in [4.78, 5) is 2.39. The quantitative estimate of drug-likeness (QED) is 0.106. The van der Waals surface area contributed by atoms with Crippen LogP contribution in [0.5, 0.6) is 11.5 Å². The van der Waals surface area contributed by atoms with Crippen molar-refractivity contribution in [3.63, 3.8) is 0 Å². The molecule has 0 fully saturated rings. The molecule has 1 aliphatic rings. The van der Waals surface area contributed by atoms with Crippen LogP contribution in [0.3, 0.4) is 0 Å². The smallest absolute Gasteiger partial charge is 0.179 e. The van der Waals surface area contributed by atoms with Crippen LogP contribution in [0.4, 0.5) is 17.1 Å². The lowest BCUT2D eigenvalue weighted by Gasteiger charge is -2.35. The lowest BCUT2D eigenvalue weighted by molar-refractivity contribution is 0.476.